The van der Waals surface area contributed by atoms with Gasteiger partial charge in [-0.05, 0) is 22.8 Å². The molecule has 0 fully saturated rings. The molecule has 0 saturated carbocycles. The zero-order valence-corrected chi connectivity index (χ0v) is 17.6. The highest BCUT2D eigenvalue weighted by molar-refractivity contribution is 6.14. The van der Waals surface area contributed by atoms with E-state index in [0.29, 0.717) is 0 Å². The number of hydrogen-bond donors (Lipinski definition) is 0. The van der Waals surface area contributed by atoms with Gasteiger partial charge < -0.3 is 9.47 Å². The standard InChI is InChI=1S/C20H18O4.2C2H6/c1-23-19(21)18(20(22)24-2)14-13-17(15-9-5-3-6-10-15)16-11-7-4-8-12-16;2*1-2/h3-14H,1-2H3;2*1-2H3. The lowest BCUT2D eigenvalue weighted by atomic mass is 9.97. The van der Waals surface area contributed by atoms with Crippen LogP contribution in [0.15, 0.2) is 78.4 Å². The summed E-state index contributed by atoms with van der Waals surface area (Å²) in [5.41, 5.74) is 2.65. The van der Waals surface area contributed by atoms with Crippen LogP contribution in [-0.2, 0) is 19.1 Å². The first-order valence-corrected chi connectivity index (χ1v) is 9.37. The molecule has 0 aliphatic heterocycles. The molecule has 0 bridgehead atoms. The highest BCUT2D eigenvalue weighted by atomic mass is 16.5. The summed E-state index contributed by atoms with van der Waals surface area (Å²) < 4.78 is 9.28. The van der Waals surface area contributed by atoms with E-state index in [2.05, 4.69) is 9.47 Å². The van der Waals surface area contributed by atoms with Crippen LogP contribution in [-0.4, -0.2) is 26.2 Å². The first-order valence-electron chi connectivity index (χ1n) is 9.37. The zero-order chi connectivity index (χ0) is 21.4. The van der Waals surface area contributed by atoms with Gasteiger partial charge in [0.15, 0.2) is 0 Å². The van der Waals surface area contributed by atoms with Gasteiger partial charge in [0.05, 0.1) is 14.2 Å². The summed E-state index contributed by atoms with van der Waals surface area (Å²) >= 11 is 0. The van der Waals surface area contributed by atoms with Gasteiger partial charge in [-0.15, -0.1) is 0 Å². The van der Waals surface area contributed by atoms with Crippen LogP contribution in [0.2, 0.25) is 0 Å². The number of rotatable bonds is 5. The number of ether oxygens (including phenoxy) is 2. The maximum atomic E-state index is 11.8. The third-order valence-corrected chi connectivity index (χ3v) is 3.40. The van der Waals surface area contributed by atoms with Gasteiger partial charge in [-0.1, -0.05) is 94.4 Å². The molecule has 2 aromatic rings. The molecule has 0 unspecified atom stereocenters. The number of benzene rings is 2. The van der Waals surface area contributed by atoms with Crippen molar-refractivity contribution in [1.82, 2.24) is 0 Å². The van der Waals surface area contributed by atoms with Gasteiger partial charge in [0.25, 0.3) is 0 Å². The lowest BCUT2D eigenvalue weighted by Gasteiger charge is -2.08. The number of allylic oxidation sites excluding steroid dienone is 2. The second kappa shape index (κ2) is 15.0. The number of methoxy groups -OCH3 is 2. The first-order chi connectivity index (χ1) is 13.7. The van der Waals surface area contributed by atoms with Gasteiger partial charge in [-0.2, -0.15) is 0 Å². The second-order valence-corrected chi connectivity index (χ2v) is 4.88. The van der Waals surface area contributed by atoms with E-state index in [1.54, 1.807) is 6.08 Å². The van der Waals surface area contributed by atoms with Crippen LogP contribution in [0.3, 0.4) is 0 Å². The predicted molar refractivity (Wildman–Crippen MR) is 115 cm³/mol. The molecule has 0 amide bonds. The fourth-order valence-corrected chi connectivity index (χ4v) is 2.20. The Morgan fingerprint density at radius 1 is 0.643 bits per heavy atom. The second-order valence-electron chi connectivity index (χ2n) is 4.88. The van der Waals surface area contributed by atoms with Crippen molar-refractivity contribution in [2.45, 2.75) is 27.7 Å². The Hall–Kier alpha value is -3.14. The minimum absolute atomic E-state index is 0.163. The molecule has 0 atom stereocenters. The van der Waals surface area contributed by atoms with Crippen molar-refractivity contribution < 1.29 is 19.1 Å². The van der Waals surface area contributed by atoms with Gasteiger partial charge in [0.2, 0.25) is 0 Å². The number of hydrogen-bond acceptors (Lipinski definition) is 4. The summed E-state index contributed by atoms with van der Waals surface area (Å²) in [6.45, 7) is 8.00. The molecule has 0 aromatic heterocycles. The molecule has 150 valence electrons. The molecule has 4 nitrogen and oxygen atoms in total. The van der Waals surface area contributed by atoms with Gasteiger partial charge in [0.1, 0.15) is 5.57 Å². The first kappa shape index (κ1) is 24.9. The third-order valence-electron chi connectivity index (χ3n) is 3.40. The summed E-state index contributed by atoms with van der Waals surface area (Å²) in [7, 11) is 2.44. The average Bonchev–Trinajstić information content (AvgIpc) is 2.79. The van der Waals surface area contributed by atoms with Gasteiger partial charge >= 0.3 is 11.9 Å². The Balaban J connectivity index is 0.00000171. The number of esters is 2. The van der Waals surface area contributed by atoms with Crippen LogP contribution in [0, 0.1) is 0 Å². The normalized spacial score (nSPS) is 8.64. The molecule has 2 rings (SSSR count). The Kier molecular flexibility index (Phi) is 13.3. The Morgan fingerprint density at radius 2 is 1.00 bits per heavy atom. The summed E-state index contributed by atoms with van der Waals surface area (Å²) in [5, 5.41) is 0. The van der Waals surface area contributed by atoms with E-state index in [4.69, 9.17) is 0 Å². The van der Waals surface area contributed by atoms with E-state index >= 15 is 0 Å². The molecule has 0 N–H and O–H groups in total. The molecule has 0 aliphatic rings. The average molecular weight is 383 g/mol. The summed E-state index contributed by atoms with van der Waals surface area (Å²) in [6.07, 6.45) is 3.14. The Morgan fingerprint density at radius 3 is 1.32 bits per heavy atom. The molecule has 0 aliphatic carbocycles. The molecular weight excluding hydrogens is 352 g/mol. The van der Waals surface area contributed by atoms with Crippen molar-refractivity contribution in [1.29, 1.82) is 0 Å². The molecule has 2 aromatic carbocycles. The molecule has 0 spiro atoms. The van der Waals surface area contributed by atoms with Crippen LogP contribution in [0.4, 0.5) is 0 Å². The monoisotopic (exact) mass is 382 g/mol. The van der Waals surface area contributed by atoms with Crippen LogP contribution in [0.25, 0.3) is 5.57 Å². The molecule has 0 saturated heterocycles. The minimum atomic E-state index is -0.737. The summed E-state index contributed by atoms with van der Waals surface area (Å²) in [4.78, 5) is 23.6. The van der Waals surface area contributed by atoms with Crippen molar-refractivity contribution in [3.63, 3.8) is 0 Å². The largest absolute Gasteiger partial charge is 0.465 e. The number of carbonyl (C=O) groups is 2. The molecule has 4 heteroatoms. The van der Waals surface area contributed by atoms with Gasteiger partial charge in [0, 0.05) is 0 Å². The number of carbonyl (C=O) groups excluding carboxylic acids is 2. The van der Waals surface area contributed by atoms with Crippen LogP contribution < -0.4 is 0 Å². The van der Waals surface area contributed by atoms with E-state index in [1.165, 1.54) is 20.3 Å². The lowest BCUT2D eigenvalue weighted by molar-refractivity contribution is -0.144. The molecule has 28 heavy (non-hydrogen) atoms. The van der Waals surface area contributed by atoms with Gasteiger partial charge in [-0.3, -0.25) is 0 Å². The van der Waals surface area contributed by atoms with Crippen molar-refractivity contribution in [3.05, 3.63) is 89.5 Å². The lowest BCUT2D eigenvalue weighted by Crippen LogP contribution is -2.15. The quantitative estimate of drug-likeness (QED) is 0.227. The van der Waals surface area contributed by atoms with Crippen molar-refractivity contribution in [2.24, 2.45) is 0 Å². The minimum Gasteiger partial charge on any atom is -0.465 e. The highest BCUT2D eigenvalue weighted by Crippen LogP contribution is 2.23. The van der Waals surface area contributed by atoms with Crippen molar-refractivity contribution in [2.75, 3.05) is 14.2 Å². The predicted octanol–water partition coefficient (Wildman–Crippen LogP) is 5.44. The molecule has 0 heterocycles. The van der Waals surface area contributed by atoms with Crippen molar-refractivity contribution >= 4 is 17.5 Å². The SMILES string of the molecule is CC.CC.COC(=O)C(=CC=C(c1ccccc1)c1ccccc1)C(=O)OC. The topological polar surface area (TPSA) is 52.6 Å². The Labute approximate surface area is 168 Å². The summed E-state index contributed by atoms with van der Waals surface area (Å²) in [6, 6.07) is 19.4. The van der Waals surface area contributed by atoms with Gasteiger partial charge in [-0.25, -0.2) is 9.59 Å². The molecular formula is C24H30O4. The smallest absolute Gasteiger partial charge is 0.345 e. The zero-order valence-electron chi connectivity index (χ0n) is 17.6. The summed E-state index contributed by atoms with van der Waals surface area (Å²) in [5.74, 6) is -1.47. The van der Waals surface area contributed by atoms with Crippen molar-refractivity contribution in [3.8, 4) is 0 Å². The maximum Gasteiger partial charge on any atom is 0.345 e. The van der Waals surface area contributed by atoms with E-state index < -0.39 is 11.9 Å². The van der Waals surface area contributed by atoms with E-state index in [0.717, 1.165) is 16.7 Å². The van der Waals surface area contributed by atoms with E-state index in [9.17, 15) is 9.59 Å². The van der Waals surface area contributed by atoms with E-state index in [1.807, 2.05) is 88.4 Å². The molecule has 0 radical (unpaired) electrons. The van der Waals surface area contributed by atoms with Crippen LogP contribution in [0.1, 0.15) is 38.8 Å². The fraction of sp³-hybridized carbons (Fsp3) is 0.250. The van der Waals surface area contributed by atoms with E-state index in [-0.39, 0.29) is 5.57 Å². The van der Waals surface area contributed by atoms with Crippen LogP contribution in [0.5, 0.6) is 0 Å². The Bertz CT molecular complexity index is 700. The highest BCUT2D eigenvalue weighted by Gasteiger charge is 2.18. The van der Waals surface area contributed by atoms with Crippen LogP contribution >= 0.6 is 0 Å². The maximum absolute atomic E-state index is 11.8. The third kappa shape index (κ3) is 7.62. The fourth-order valence-electron chi connectivity index (χ4n) is 2.20.